The number of halogens is 5. The fourth-order valence-corrected chi connectivity index (χ4v) is 4.54. The zero-order valence-electron chi connectivity index (χ0n) is 15.8. The number of nitrogens with zero attached hydrogens (tertiary/aromatic N) is 1. The lowest BCUT2D eigenvalue weighted by Gasteiger charge is -2.11. The first-order chi connectivity index (χ1) is 14.0. The molecular weight excluding hydrogens is 458 g/mol. The number of rotatable bonds is 5. The van der Waals surface area contributed by atoms with Gasteiger partial charge in [-0.15, -0.1) is 11.3 Å². The third-order valence-electron chi connectivity index (χ3n) is 4.29. The summed E-state index contributed by atoms with van der Waals surface area (Å²) in [4.78, 5) is 17.0. The van der Waals surface area contributed by atoms with Crippen LogP contribution >= 0.6 is 34.5 Å². The molecule has 1 aromatic heterocycles. The molecule has 1 N–H and O–H groups in total. The highest BCUT2D eigenvalue weighted by Crippen LogP contribution is 2.39. The molecule has 0 atom stereocenters. The fourth-order valence-electron chi connectivity index (χ4n) is 2.95. The molecule has 0 saturated carbocycles. The predicted octanol–water partition coefficient (Wildman–Crippen LogP) is 7.70. The van der Waals surface area contributed by atoms with Gasteiger partial charge < -0.3 is 5.11 Å². The number of carboxylic acid groups (broad SMARTS) is 1. The molecule has 3 aromatic rings. The van der Waals surface area contributed by atoms with Crippen LogP contribution in [0.2, 0.25) is 10.0 Å². The van der Waals surface area contributed by atoms with Crippen molar-refractivity contribution in [2.75, 3.05) is 0 Å². The van der Waals surface area contributed by atoms with Crippen LogP contribution in [0.1, 0.15) is 34.6 Å². The van der Waals surface area contributed by atoms with Gasteiger partial charge in [-0.05, 0) is 36.6 Å². The van der Waals surface area contributed by atoms with Gasteiger partial charge in [0.15, 0.2) is 0 Å². The Morgan fingerprint density at radius 1 is 1.10 bits per heavy atom. The molecule has 9 heteroatoms. The Labute approximate surface area is 185 Å². The summed E-state index contributed by atoms with van der Waals surface area (Å²) < 4.78 is 39.4. The number of carboxylic acids is 1. The molecule has 3 nitrogen and oxygen atoms in total. The topological polar surface area (TPSA) is 50.2 Å². The second kappa shape index (κ2) is 8.57. The number of aromatic carboxylic acids is 1. The maximum atomic E-state index is 13.1. The standard InChI is InChI=1S/C21H16Cl2F3NO2S/c1-10(2)7-17-18(11-4-6-15(22)16(23)9-11)27-19(30-17)12-3-5-14(21(24,25)26)13(8-12)20(28)29/h3-6,8-10H,7H2,1-2H3,(H,28,29). The van der Waals surface area contributed by atoms with Gasteiger partial charge in [-0.1, -0.05) is 49.2 Å². The average molecular weight is 474 g/mol. The minimum absolute atomic E-state index is 0.307. The van der Waals surface area contributed by atoms with Gasteiger partial charge in [0.05, 0.1) is 26.9 Å². The first-order valence-electron chi connectivity index (χ1n) is 8.87. The van der Waals surface area contributed by atoms with Crippen molar-refractivity contribution >= 4 is 40.5 Å². The third kappa shape index (κ3) is 4.79. The van der Waals surface area contributed by atoms with E-state index in [1.54, 1.807) is 18.2 Å². The average Bonchev–Trinajstić information content (AvgIpc) is 3.05. The van der Waals surface area contributed by atoms with Crippen molar-refractivity contribution in [1.82, 2.24) is 4.98 Å². The summed E-state index contributed by atoms with van der Waals surface area (Å²) >= 11 is 13.4. The van der Waals surface area contributed by atoms with Gasteiger partial charge >= 0.3 is 12.1 Å². The molecular formula is C21H16Cl2F3NO2S. The van der Waals surface area contributed by atoms with E-state index in [1.807, 2.05) is 13.8 Å². The van der Waals surface area contributed by atoms with E-state index < -0.39 is 23.3 Å². The number of aromatic nitrogens is 1. The highest BCUT2D eigenvalue weighted by atomic mass is 35.5. The fraction of sp³-hybridized carbons (Fsp3) is 0.238. The zero-order valence-corrected chi connectivity index (χ0v) is 18.2. The highest BCUT2D eigenvalue weighted by molar-refractivity contribution is 7.15. The molecule has 0 aliphatic carbocycles. The molecule has 3 rings (SSSR count). The number of hydrogen-bond donors (Lipinski definition) is 1. The van der Waals surface area contributed by atoms with Crippen molar-refractivity contribution in [3.8, 4) is 21.8 Å². The summed E-state index contributed by atoms with van der Waals surface area (Å²) in [6, 6.07) is 8.14. The van der Waals surface area contributed by atoms with E-state index in [9.17, 15) is 23.1 Å². The van der Waals surface area contributed by atoms with Gasteiger partial charge in [-0.3, -0.25) is 0 Å². The Balaban J connectivity index is 2.15. The van der Waals surface area contributed by atoms with Crippen LogP contribution in [0.15, 0.2) is 36.4 Å². The van der Waals surface area contributed by atoms with Crippen LogP contribution in [-0.4, -0.2) is 16.1 Å². The number of hydrogen-bond acceptors (Lipinski definition) is 3. The molecule has 0 saturated heterocycles. The molecule has 0 amide bonds. The van der Waals surface area contributed by atoms with Crippen molar-refractivity contribution in [3.63, 3.8) is 0 Å². The zero-order chi connectivity index (χ0) is 22.2. The summed E-state index contributed by atoms with van der Waals surface area (Å²) in [5.41, 5.74) is -0.312. The Morgan fingerprint density at radius 2 is 1.77 bits per heavy atom. The quantitative estimate of drug-likeness (QED) is 0.412. The maximum absolute atomic E-state index is 13.1. The van der Waals surface area contributed by atoms with Crippen LogP contribution in [-0.2, 0) is 12.6 Å². The van der Waals surface area contributed by atoms with E-state index in [0.717, 1.165) is 22.6 Å². The van der Waals surface area contributed by atoms with Gasteiger partial charge in [-0.2, -0.15) is 13.2 Å². The van der Waals surface area contributed by atoms with Crippen LogP contribution < -0.4 is 0 Å². The van der Waals surface area contributed by atoms with Crippen molar-refractivity contribution in [2.24, 2.45) is 5.92 Å². The SMILES string of the molecule is CC(C)Cc1sc(-c2ccc(C(F)(F)F)c(C(=O)O)c2)nc1-c1ccc(Cl)c(Cl)c1. The van der Waals surface area contributed by atoms with Gasteiger partial charge in [-0.25, -0.2) is 9.78 Å². The number of carbonyl (C=O) groups is 1. The molecule has 0 fully saturated rings. The van der Waals surface area contributed by atoms with Crippen molar-refractivity contribution in [1.29, 1.82) is 0 Å². The monoisotopic (exact) mass is 473 g/mol. The number of thiazole rings is 1. The highest BCUT2D eigenvalue weighted by Gasteiger charge is 2.35. The summed E-state index contributed by atoms with van der Waals surface area (Å²) in [7, 11) is 0. The largest absolute Gasteiger partial charge is 0.478 e. The normalized spacial score (nSPS) is 11.9. The summed E-state index contributed by atoms with van der Waals surface area (Å²) in [6.45, 7) is 4.08. The predicted molar refractivity (Wildman–Crippen MR) is 114 cm³/mol. The minimum Gasteiger partial charge on any atom is -0.478 e. The lowest BCUT2D eigenvalue weighted by atomic mass is 10.0. The smallest absolute Gasteiger partial charge is 0.417 e. The van der Waals surface area contributed by atoms with Gasteiger partial charge in [0.2, 0.25) is 0 Å². The Morgan fingerprint density at radius 3 is 2.33 bits per heavy atom. The minimum atomic E-state index is -4.76. The maximum Gasteiger partial charge on any atom is 0.417 e. The molecule has 0 aliphatic rings. The lowest BCUT2D eigenvalue weighted by Crippen LogP contribution is -2.12. The number of alkyl halides is 3. The molecule has 0 spiro atoms. The molecule has 0 bridgehead atoms. The summed E-state index contributed by atoms with van der Waals surface area (Å²) in [5.74, 6) is -1.34. The number of benzene rings is 2. The van der Waals surface area contributed by atoms with Crippen LogP contribution in [0.5, 0.6) is 0 Å². The van der Waals surface area contributed by atoms with Crippen LogP contribution in [0, 0.1) is 5.92 Å². The Bertz CT molecular complexity index is 1110. The van der Waals surface area contributed by atoms with E-state index in [1.165, 1.54) is 17.4 Å². The Kier molecular flexibility index (Phi) is 6.45. The molecule has 0 unspecified atom stereocenters. The molecule has 0 aliphatic heterocycles. The van der Waals surface area contributed by atoms with E-state index in [4.69, 9.17) is 23.2 Å². The van der Waals surface area contributed by atoms with Crippen LogP contribution in [0.4, 0.5) is 13.2 Å². The van der Waals surface area contributed by atoms with Gasteiger partial charge in [0.25, 0.3) is 0 Å². The molecule has 1 heterocycles. The second-order valence-electron chi connectivity index (χ2n) is 7.08. The summed E-state index contributed by atoms with van der Waals surface area (Å²) in [6.07, 6.45) is -4.07. The summed E-state index contributed by atoms with van der Waals surface area (Å²) in [5, 5.41) is 10.5. The first kappa shape index (κ1) is 22.6. The van der Waals surface area contributed by atoms with Gasteiger partial charge in [0.1, 0.15) is 5.01 Å². The molecule has 158 valence electrons. The molecule has 0 radical (unpaired) electrons. The van der Waals surface area contributed by atoms with Crippen LogP contribution in [0.25, 0.3) is 21.8 Å². The van der Waals surface area contributed by atoms with E-state index >= 15 is 0 Å². The van der Waals surface area contributed by atoms with E-state index in [2.05, 4.69) is 4.98 Å². The van der Waals surface area contributed by atoms with E-state index in [0.29, 0.717) is 38.6 Å². The van der Waals surface area contributed by atoms with Crippen molar-refractivity contribution in [3.05, 3.63) is 62.4 Å². The molecule has 30 heavy (non-hydrogen) atoms. The van der Waals surface area contributed by atoms with Crippen molar-refractivity contribution < 1.29 is 23.1 Å². The van der Waals surface area contributed by atoms with Gasteiger partial charge in [0, 0.05) is 16.0 Å². The second-order valence-corrected chi connectivity index (χ2v) is 8.98. The third-order valence-corrected chi connectivity index (χ3v) is 6.15. The Hall–Kier alpha value is -2.09. The van der Waals surface area contributed by atoms with Crippen molar-refractivity contribution in [2.45, 2.75) is 26.4 Å². The first-order valence-corrected chi connectivity index (χ1v) is 10.4. The van der Waals surface area contributed by atoms with E-state index in [-0.39, 0.29) is 0 Å². The molecule has 2 aromatic carbocycles. The lowest BCUT2D eigenvalue weighted by molar-refractivity contribution is -0.138. The van der Waals surface area contributed by atoms with Crippen LogP contribution in [0.3, 0.4) is 0 Å².